The van der Waals surface area contributed by atoms with Crippen LogP contribution < -0.4 is 0 Å². The molecule has 4 aromatic rings. The molecule has 0 atom stereocenters. The zero-order valence-electron chi connectivity index (χ0n) is 15.6. The molecule has 1 N–H and O–H groups in total. The third-order valence-corrected chi connectivity index (χ3v) is 4.46. The van der Waals surface area contributed by atoms with Crippen molar-refractivity contribution in [2.24, 2.45) is 0 Å². The minimum Gasteiger partial charge on any atom is -0.379 e. The number of benzene rings is 1. The molecule has 0 aliphatic heterocycles. The summed E-state index contributed by atoms with van der Waals surface area (Å²) in [5.74, 6) is 0.757. The van der Waals surface area contributed by atoms with Crippen LogP contribution in [0.2, 0.25) is 0 Å². The Labute approximate surface area is 158 Å². The molecule has 3 heterocycles. The van der Waals surface area contributed by atoms with Crippen molar-refractivity contribution in [1.29, 1.82) is 0 Å². The van der Waals surface area contributed by atoms with E-state index in [9.17, 15) is 0 Å². The van der Waals surface area contributed by atoms with Crippen molar-refractivity contribution < 1.29 is 4.74 Å². The molecular formula is C21H23N5O. The Kier molecular flexibility index (Phi) is 4.98. The van der Waals surface area contributed by atoms with Crippen molar-refractivity contribution in [2.75, 3.05) is 6.61 Å². The first kappa shape index (κ1) is 17.4. The highest BCUT2D eigenvalue weighted by atomic mass is 16.5. The van der Waals surface area contributed by atoms with Crippen LogP contribution in [-0.4, -0.2) is 37.4 Å². The number of aromatic amines is 1. The lowest BCUT2D eigenvalue weighted by Gasteiger charge is -2.08. The number of ether oxygens (including phenoxy) is 1. The van der Waals surface area contributed by atoms with Gasteiger partial charge in [-0.3, -0.25) is 5.10 Å². The van der Waals surface area contributed by atoms with Crippen LogP contribution in [0.15, 0.2) is 55.1 Å². The lowest BCUT2D eigenvalue weighted by Crippen LogP contribution is -2.04. The molecule has 0 aliphatic rings. The van der Waals surface area contributed by atoms with Gasteiger partial charge >= 0.3 is 0 Å². The van der Waals surface area contributed by atoms with Crippen LogP contribution in [0.25, 0.3) is 28.1 Å². The quantitative estimate of drug-likeness (QED) is 0.502. The van der Waals surface area contributed by atoms with Gasteiger partial charge in [0.1, 0.15) is 12.0 Å². The fourth-order valence-corrected chi connectivity index (χ4v) is 3.16. The van der Waals surface area contributed by atoms with Crippen LogP contribution in [-0.2, 0) is 11.2 Å². The molecule has 1 aromatic carbocycles. The van der Waals surface area contributed by atoms with Gasteiger partial charge in [-0.2, -0.15) is 5.10 Å². The molecule has 27 heavy (non-hydrogen) atoms. The summed E-state index contributed by atoms with van der Waals surface area (Å²) >= 11 is 0. The van der Waals surface area contributed by atoms with Crippen molar-refractivity contribution in [3.05, 3.63) is 60.7 Å². The third kappa shape index (κ3) is 3.90. The normalized spacial score (nSPS) is 11.5. The Balaban J connectivity index is 1.56. The van der Waals surface area contributed by atoms with E-state index in [1.165, 1.54) is 11.9 Å². The number of nitrogens with one attached hydrogen (secondary N) is 1. The number of pyridine rings is 1. The molecule has 0 aliphatic carbocycles. The largest absolute Gasteiger partial charge is 0.379 e. The molecule has 138 valence electrons. The first-order valence-corrected chi connectivity index (χ1v) is 9.24. The molecule has 6 nitrogen and oxygen atoms in total. The van der Waals surface area contributed by atoms with E-state index in [-0.39, 0.29) is 6.10 Å². The van der Waals surface area contributed by atoms with E-state index >= 15 is 0 Å². The molecule has 0 bridgehead atoms. The van der Waals surface area contributed by atoms with Crippen molar-refractivity contribution in [2.45, 2.75) is 32.8 Å². The number of aromatic nitrogens is 5. The molecule has 0 radical (unpaired) electrons. The Morgan fingerprint density at radius 1 is 1.15 bits per heavy atom. The van der Waals surface area contributed by atoms with E-state index in [1.807, 2.05) is 18.3 Å². The standard InChI is InChI=1S/C21H23N5O/c1-15(2)27-10-4-5-16-11-18-8-9-26(21(18)22-13-16)19-7-3-6-17(12-19)20-23-14-24-25-20/h3,6-9,11-15H,4-5,10H2,1-2H3,(H,23,24,25). The second-order valence-corrected chi connectivity index (χ2v) is 6.85. The maximum atomic E-state index is 5.62. The van der Waals surface area contributed by atoms with Crippen LogP contribution in [0.1, 0.15) is 25.8 Å². The second-order valence-electron chi connectivity index (χ2n) is 6.85. The number of hydrogen-bond donors (Lipinski definition) is 1. The predicted octanol–water partition coefficient (Wildman–Crippen LogP) is 4.17. The number of fused-ring (bicyclic) bond motifs is 1. The summed E-state index contributed by atoms with van der Waals surface area (Å²) in [5, 5.41) is 7.97. The highest BCUT2D eigenvalue weighted by molar-refractivity contribution is 5.79. The second kappa shape index (κ2) is 7.72. The zero-order chi connectivity index (χ0) is 18.6. The van der Waals surface area contributed by atoms with E-state index < -0.39 is 0 Å². The van der Waals surface area contributed by atoms with E-state index in [0.29, 0.717) is 0 Å². The lowest BCUT2D eigenvalue weighted by atomic mass is 10.1. The predicted molar refractivity (Wildman–Crippen MR) is 106 cm³/mol. The van der Waals surface area contributed by atoms with Crippen molar-refractivity contribution in [3.8, 4) is 17.1 Å². The fraction of sp³-hybridized carbons (Fsp3) is 0.286. The Hall–Kier alpha value is -2.99. The molecule has 0 amide bonds. The Morgan fingerprint density at radius 3 is 2.89 bits per heavy atom. The highest BCUT2D eigenvalue weighted by Crippen LogP contribution is 2.23. The van der Waals surface area contributed by atoms with Crippen LogP contribution in [0, 0.1) is 0 Å². The van der Waals surface area contributed by atoms with Crippen LogP contribution in [0.3, 0.4) is 0 Å². The molecule has 4 rings (SSSR count). The number of hydrogen-bond acceptors (Lipinski definition) is 4. The summed E-state index contributed by atoms with van der Waals surface area (Å²) < 4.78 is 7.72. The fourth-order valence-electron chi connectivity index (χ4n) is 3.16. The van der Waals surface area contributed by atoms with Crippen molar-refractivity contribution in [1.82, 2.24) is 24.7 Å². The van der Waals surface area contributed by atoms with Gasteiger partial charge in [-0.25, -0.2) is 9.97 Å². The molecule has 0 saturated carbocycles. The van der Waals surface area contributed by atoms with Gasteiger partial charge in [0.05, 0.1) is 6.10 Å². The number of nitrogens with zero attached hydrogens (tertiary/aromatic N) is 4. The van der Waals surface area contributed by atoms with Gasteiger partial charge in [-0.15, -0.1) is 0 Å². The lowest BCUT2D eigenvalue weighted by molar-refractivity contribution is 0.0772. The van der Waals surface area contributed by atoms with E-state index in [2.05, 4.69) is 64.1 Å². The van der Waals surface area contributed by atoms with Gasteiger partial charge in [0, 0.05) is 35.6 Å². The van der Waals surface area contributed by atoms with E-state index in [0.717, 1.165) is 47.6 Å². The average Bonchev–Trinajstić information content (AvgIpc) is 3.35. The van der Waals surface area contributed by atoms with Gasteiger partial charge in [0.15, 0.2) is 5.82 Å². The number of rotatable bonds is 7. The maximum absolute atomic E-state index is 5.62. The topological polar surface area (TPSA) is 68.6 Å². The molecular weight excluding hydrogens is 338 g/mol. The van der Waals surface area contributed by atoms with Gasteiger partial charge in [-0.1, -0.05) is 12.1 Å². The monoisotopic (exact) mass is 361 g/mol. The van der Waals surface area contributed by atoms with Crippen LogP contribution in [0.4, 0.5) is 0 Å². The summed E-state index contributed by atoms with van der Waals surface area (Å²) in [5.41, 5.74) is 4.23. The van der Waals surface area contributed by atoms with Crippen molar-refractivity contribution in [3.63, 3.8) is 0 Å². The first-order valence-electron chi connectivity index (χ1n) is 9.24. The summed E-state index contributed by atoms with van der Waals surface area (Å²) in [4.78, 5) is 8.94. The van der Waals surface area contributed by atoms with Crippen LogP contribution >= 0.6 is 0 Å². The Bertz CT molecular complexity index is 1020. The molecule has 0 spiro atoms. The minimum atomic E-state index is 0.285. The first-order chi connectivity index (χ1) is 13.2. The summed E-state index contributed by atoms with van der Waals surface area (Å²) in [7, 11) is 0. The van der Waals surface area contributed by atoms with Crippen molar-refractivity contribution >= 4 is 11.0 Å². The van der Waals surface area contributed by atoms with Gasteiger partial charge < -0.3 is 9.30 Å². The summed E-state index contributed by atoms with van der Waals surface area (Å²) in [6, 6.07) is 12.5. The molecule has 0 saturated heterocycles. The smallest absolute Gasteiger partial charge is 0.155 e. The van der Waals surface area contributed by atoms with Gasteiger partial charge in [0.25, 0.3) is 0 Å². The Morgan fingerprint density at radius 2 is 2.07 bits per heavy atom. The average molecular weight is 361 g/mol. The molecule has 0 fully saturated rings. The van der Waals surface area contributed by atoms with Crippen LogP contribution in [0.5, 0.6) is 0 Å². The highest BCUT2D eigenvalue weighted by Gasteiger charge is 2.08. The summed E-state index contributed by atoms with van der Waals surface area (Å²) in [6.45, 7) is 4.91. The number of H-pyrrole nitrogens is 1. The maximum Gasteiger partial charge on any atom is 0.155 e. The van der Waals surface area contributed by atoms with E-state index in [1.54, 1.807) is 0 Å². The van der Waals surface area contributed by atoms with E-state index in [4.69, 9.17) is 9.72 Å². The molecule has 0 unspecified atom stereocenters. The SMILES string of the molecule is CC(C)OCCCc1cnc2c(ccn2-c2cccc(-c3ncn[nH]3)c2)c1. The van der Waals surface area contributed by atoms with Gasteiger partial charge in [0.2, 0.25) is 0 Å². The third-order valence-electron chi connectivity index (χ3n) is 4.46. The number of aryl methyl sites for hydroxylation is 1. The zero-order valence-corrected chi connectivity index (χ0v) is 15.6. The van der Waals surface area contributed by atoms with Gasteiger partial charge in [-0.05, 0) is 56.5 Å². The summed E-state index contributed by atoms with van der Waals surface area (Å²) in [6.07, 6.45) is 7.81. The minimum absolute atomic E-state index is 0.285. The molecule has 6 heteroatoms. The molecule has 3 aromatic heterocycles.